The van der Waals surface area contributed by atoms with Crippen molar-refractivity contribution in [2.75, 3.05) is 7.05 Å². The molecule has 0 radical (unpaired) electrons. The molecule has 0 aliphatic heterocycles. The van der Waals surface area contributed by atoms with Crippen LogP contribution in [0.4, 0.5) is 0 Å². The van der Waals surface area contributed by atoms with Gasteiger partial charge in [-0.15, -0.1) is 0 Å². The van der Waals surface area contributed by atoms with Gasteiger partial charge in [-0.3, -0.25) is 14.4 Å². The van der Waals surface area contributed by atoms with Crippen LogP contribution < -0.4 is 16.2 Å². The first-order valence-corrected chi connectivity index (χ1v) is 8.89. The van der Waals surface area contributed by atoms with Gasteiger partial charge in [0, 0.05) is 19.3 Å². The molecule has 1 aliphatic rings. The van der Waals surface area contributed by atoms with Crippen molar-refractivity contribution in [1.82, 2.24) is 15.2 Å². The highest BCUT2D eigenvalue weighted by Gasteiger charge is 2.34. The van der Waals surface area contributed by atoms with Crippen LogP contribution in [0.1, 0.15) is 50.0 Å². The van der Waals surface area contributed by atoms with Crippen molar-refractivity contribution in [3.63, 3.8) is 0 Å². The molecule has 0 saturated heterocycles. The third kappa shape index (κ3) is 4.11. The van der Waals surface area contributed by atoms with Gasteiger partial charge in [0.05, 0.1) is 17.7 Å². The minimum atomic E-state index is -1.04. The molecule has 8 nitrogen and oxygen atoms in total. The first kappa shape index (κ1) is 19.3. The van der Waals surface area contributed by atoms with Crippen LogP contribution in [0.25, 0.3) is 0 Å². The van der Waals surface area contributed by atoms with E-state index in [1.807, 2.05) is 6.92 Å². The summed E-state index contributed by atoms with van der Waals surface area (Å²) in [5, 5.41) is 14.3. The van der Waals surface area contributed by atoms with Crippen LogP contribution in [0.3, 0.4) is 0 Å². The predicted octanol–water partition coefficient (Wildman–Crippen LogP) is 1.09. The SMILES string of the molecule is CNC(=O)c1cc(C(=O)N[C@H]2C[C@@H]2C)cn(Cc2ccc(C(=O)O)cc2)c1=O. The molecule has 3 N–H and O–H groups in total. The zero-order chi connectivity index (χ0) is 20.4. The smallest absolute Gasteiger partial charge is 0.335 e. The summed E-state index contributed by atoms with van der Waals surface area (Å²) >= 11 is 0. The summed E-state index contributed by atoms with van der Waals surface area (Å²) in [7, 11) is 1.41. The molecule has 1 saturated carbocycles. The fourth-order valence-electron chi connectivity index (χ4n) is 2.90. The number of aromatic carboxylic acids is 1. The average molecular weight is 383 g/mol. The molecule has 0 unspecified atom stereocenters. The molecule has 1 aromatic heterocycles. The van der Waals surface area contributed by atoms with Gasteiger partial charge in [-0.2, -0.15) is 0 Å². The number of carboxylic acid groups (broad SMARTS) is 1. The quantitative estimate of drug-likeness (QED) is 0.690. The zero-order valence-electron chi connectivity index (χ0n) is 15.6. The number of rotatable bonds is 6. The van der Waals surface area contributed by atoms with Crippen molar-refractivity contribution >= 4 is 17.8 Å². The van der Waals surface area contributed by atoms with Crippen LogP contribution in [0, 0.1) is 5.92 Å². The average Bonchev–Trinajstić information content (AvgIpc) is 3.37. The lowest BCUT2D eigenvalue weighted by Crippen LogP contribution is -2.34. The molecular weight excluding hydrogens is 362 g/mol. The van der Waals surface area contributed by atoms with Gasteiger partial charge in [0.2, 0.25) is 0 Å². The Morgan fingerprint density at radius 2 is 1.79 bits per heavy atom. The lowest BCUT2D eigenvalue weighted by molar-refractivity contribution is 0.0696. The van der Waals surface area contributed by atoms with E-state index < -0.39 is 17.4 Å². The van der Waals surface area contributed by atoms with Crippen LogP contribution in [0.5, 0.6) is 0 Å². The Bertz CT molecular complexity index is 994. The van der Waals surface area contributed by atoms with Crippen molar-refractivity contribution in [1.29, 1.82) is 0 Å². The molecule has 3 rings (SSSR count). The number of carbonyl (C=O) groups excluding carboxylic acids is 2. The first-order chi connectivity index (χ1) is 13.3. The van der Waals surface area contributed by atoms with Crippen molar-refractivity contribution in [2.45, 2.75) is 25.9 Å². The molecule has 2 aromatic rings. The third-order valence-electron chi connectivity index (χ3n) is 4.80. The minimum Gasteiger partial charge on any atom is -0.478 e. The Hall–Kier alpha value is -3.42. The standard InChI is InChI=1S/C20H21N3O5/c1-11-7-16(11)22-17(24)14-8-15(18(25)21-2)19(26)23(10-14)9-12-3-5-13(6-4-12)20(27)28/h3-6,8,10-11,16H,7,9H2,1-2H3,(H,21,25)(H,22,24)(H,27,28)/t11-,16-/m0/s1. The monoisotopic (exact) mass is 383 g/mol. The van der Waals surface area contributed by atoms with Gasteiger partial charge in [-0.25, -0.2) is 4.79 Å². The maximum Gasteiger partial charge on any atom is 0.335 e. The Labute approximate surface area is 161 Å². The predicted molar refractivity (Wildman–Crippen MR) is 102 cm³/mol. The molecule has 2 amide bonds. The number of amides is 2. The molecule has 0 bridgehead atoms. The van der Waals surface area contributed by atoms with Crippen LogP contribution >= 0.6 is 0 Å². The van der Waals surface area contributed by atoms with Gasteiger partial charge in [-0.1, -0.05) is 19.1 Å². The van der Waals surface area contributed by atoms with E-state index in [2.05, 4.69) is 10.6 Å². The van der Waals surface area contributed by atoms with Crippen molar-refractivity contribution < 1.29 is 19.5 Å². The fraction of sp³-hybridized carbons (Fsp3) is 0.300. The number of benzene rings is 1. The highest BCUT2D eigenvalue weighted by atomic mass is 16.4. The van der Waals surface area contributed by atoms with Crippen LogP contribution in [-0.2, 0) is 6.54 Å². The number of hydrogen-bond acceptors (Lipinski definition) is 4. The number of nitrogens with one attached hydrogen (secondary N) is 2. The second-order valence-electron chi connectivity index (χ2n) is 6.95. The summed E-state index contributed by atoms with van der Waals surface area (Å²) in [5.41, 5.74) is 0.371. The summed E-state index contributed by atoms with van der Waals surface area (Å²) in [4.78, 5) is 48.3. The molecule has 1 aliphatic carbocycles. The van der Waals surface area contributed by atoms with Crippen molar-refractivity contribution in [3.05, 3.63) is 69.1 Å². The summed E-state index contributed by atoms with van der Waals surface area (Å²) in [6, 6.07) is 7.47. The Kier molecular flexibility index (Phi) is 5.30. The molecule has 8 heteroatoms. The van der Waals surface area contributed by atoms with Crippen molar-refractivity contribution in [3.8, 4) is 0 Å². The van der Waals surface area contributed by atoms with Gasteiger partial charge in [0.25, 0.3) is 17.4 Å². The summed E-state index contributed by atoms with van der Waals surface area (Å²) in [6.45, 7) is 2.13. The summed E-state index contributed by atoms with van der Waals surface area (Å²) in [5.74, 6) is -1.54. The summed E-state index contributed by atoms with van der Waals surface area (Å²) < 4.78 is 1.28. The second-order valence-corrected chi connectivity index (χ2v) is 6.95. The van der Waals surface area contributed by atoms with Crippen LogP contribution in [-0.4, -0.2) is 40.5 Å². The number of carbonyl (C=O) groups is 3. The number of pyridine rings is 1. The molecule has 2 atom stereocenters. The lowest BCUT2D eigenvalue weighted by Gasteiger charge is -2.12. The molecule has 1 aromatic carbocycles. The zero-order valence-corrected chi connectivity index (χ0v) is 15.6. The van der Waals surface area contributed by atoms with E-state index in [-0.39, 0.29) is 35.2 Å². The van der Waals surface area contributed by atoms with E-state index in [9.17, 15) is 19.2 Å². The minimum absolute atomic E-state index is 0.101. The van der Waals surface area contributed by atoms with E-state index in [1.54, 1.807) is 12.1 Å². The number of carboxylic acids is 1. The Morgan fingerprint density at radius 1 is 1.14 bits per heavy atom. The maximum atomic E-state index is 12.7. The summed E-state index contributed by atoms with van der Waals surface area (Å²) in [6.07, 6.45) is 2.33. The highest BCUT2D eigenvalue weighted by Crippen LogP contribution is 2.29. The number of nitrogens with zero attached hydrogens (tertiary/aromatic N) is 1. The van der Waals surface area contributed by atoms with E-state index >= 15 is 0 Å². The van der Waals surface area contributed by atoms with E-state index in [4.69, 9.17) is 5.11 Å². The third-order valence-corrected chi connectivity index (χ3v) is 4.80. The van der Waals surface area contributed by atoms with Crippen molar-refractivity contribution in [2.24, 2.45) is 5.92 Å². The van der Waals surface area contributed by atoms with Gasteiger partial charge < -0.3 is 20.3 Å². The lowest BCUT2D eigenvalue weighted by atomic mass is 10.1. The largest absolute Gasteiger partial charge is 0.478 e. The van der Waals surface area contributed by atoms with Gasteiger partial charge in [0.1, 0.15) is 5.56 Å². The fourth-order valence-corrected chi connectivity index (χ4v) is 2.90. The Morgan fingerprint density at radius 3 is 2.32 bits per heavy atom. The van der Waals surface area contributed by atoms with E-state index in [1.165, 1.54) is 36.0 Å². The van der Waals surface area contributed by atoms with Crippen LogP contribution in [0.2, 0.25) is 0 Å². The molecule has 0 spiro atoms. The second kappa shape index (κ2) is 7.67. The van der Waals surface area contributed by atoms with Gasteiger partial charge in [-0.05, 0) is 36.1 Å². The number of hydrogen-bond donors (Lipinski definition) is 3. The van der Waals surface area contributed by atoms with E-state index in [0.717, 1.165) is 6.42 Å². The molecular formula is C20H21N3O5. The molecule has 1 heterocycles. The highest BCUT2D eigenvalue weighted by molar-refractivity contribution is 5.99. The van der Waals surface area contributed by atoms with Crippen LogP contribution in [0.15, 0.2) is 41.3 Å². The van der Waals surface area contributed by atoms with E-state index in [0.29, 0.717) is 11.5 Å². The Balaban J connectivity index is 1.94. The van der Waals surface area contributed by atoms with Gasteiger partial charge in [0.15, 0.2) is 0 Å². The maximum absolute atomic E-state index is 12.7. The molecule has 1 fully saturated rings. The topological polar surface area (TPSA) is 118 Å². The normalized spacial score (nSPS) is 17.6. The number of aromatic nitrogens is 1. The molecule has 146 valence electrons. The first-order valence-electron chi connectivity index (χ1n) is 8.89. The molecule has 28 heavy (non-hydrogen) atoms. The van der Waals surface area contributed by atoms with Gasteiger partial charge >= 0.3 is 5.97 Å².